The van der Waals surface area contributed by atoms with Gasteiger partial charge in [-0.1, -0.05) is 0 Å². The van der Waals surface area contributed by atoms with Crippen molar-refractivity contribution in [2.24, 2.45) is 0 Å². The fraction of sp³-hybridized carbons (Fsp3) is 0.778. The minimum atomic E-state index is -0.662. The van der Waals surface area contributed by atoms with Crippen LogP contribution in [0.3, 0.4) is 0 Å². The zero-order valence-electron chi connectivity index (χ0n) is 8.30. The molecule has 0 spiro atoms. The number of ether oxygens (including phenoxy) is 2. The van der Waals surface area contributed by atoms with E-state index >= 15 is 0 Å². The van der Waals surface area contributed by atoms with Gasteiger partial charge in [-0.05, 0) is 25.5 Å². The molecule has 0 amide bonds. The van der Waals surface area contributed by atoms with Crippen LogP contribution in [0.5, 0.6) is 0 Å². The number of hydrogen-bond donors (Lipinski definition) is 2. The third-order valence-corrected chi connectivity index (χ3v) is 2.40. The zero-order chi connectivity index (χ0) is 9.64. The fourth-order valence-corrected chi connectivity index (χ4v) is 1.88. The molecule has 1 saturated heterocycles. The SMILES string of the molecule is CC1(C)OC2C(CO)=CC(O)C2O1.[Y]. The van der Waals surface area contributed by atoms with Gasteiger partial charge in [0.25, 0.3) is 0 Å². The maximum atomic E-state index is 9.54. The zero-order valence-corrected chi connectivity index (χ0v) is 11.1. The van der Waals surface area contributed by atoms with Gasteiger partial charge in [0, 0.05) is 32.7 Å². The minimum Gasteiger partial charge on any atom is -0.392 e. The number of aliphatic hydroxyl groups is 2. The molecule has 2 rings (SSSR count). The first-order chi connectivity index (χ1) is 6.03. The van der Waals surface area contributed by atoms with E-state index in [4.69, 9.17) is 14.6 Å². The summed E-state index contributed by atoms with van der Waals surface area (Å²) in [4.78, 5) is 0. The first-order valence-electron chi connectivity index (χ1n) is 4.38. The first kappa shape index (κ1) is 12.8. The Morgan fingerprint density at radius 2 is 2.07 bits per heavy atom. The van der Waals surface area contributed by atoms with Crippen LogP contribution in [-0.4, -0.2) is 40.9 Å². The van der Waals surface area contributed by atoms with Crippen molar-refractivity contribution in [1.29, 1.82) is 0 Å². The maximum Gasteiger partial charge on any atom is 0.164 e. The van der Waals surface area contributed by atoms with Gasteiger partial charge in [0.1, 0.15) is 18.3 Å². The van der Waals surface area contributed by atoms with Gasteiger partial charge >= 0.3 is 0 Å². The molecule has 3 unspecified atom stereocenters. The van der Waals surface area contributed by atoms with E-state index in [0.29, 0.717) is 5.57 Å². The molecular weight excluding hydrogens is 261 g/mol. The Bertz CT molecular complexity index is 251. The van der Waals surface area contributed by atoms with Crippen molar-refractivity contribution in [3.05, 3.63) is 11.6 Å². The summed E-state index contributed by atoms with van der Waals surface area (Å²) in [6.45, 7) is 3.51. The molecule has 0 aromatic rings. The Morgan fingerprint density at radius 3 is 2.64 bits per heavy atom. The van der Waals surface area contributed by atoms with Gasteiger partial charge < -0.3 is 19.7 Å². The Hall–Kier alpha value is 0.684. The van der Waals surface area contributed by atoms with Crippen LogP contribution in [0.4, 0.5) is 0 Å². The van der Waals surface area contributed by atoms with E-state index in [0.717, 1.165) is 0 Å². The molecule has 1 heterocycles. The summed E-state index contributed by atoms with van der Waals surface area (Å²) in [6, 6.07) is 0. The molecule has 77 valence electrons. The van der Waals surface area contributed by atoms with E-state index in [-0.39, 0.29) is 51.5 Å². The Morgan fingerprint density at radius 1 is 1.43 bits per heavy atom. The second kappa shape index (κ2) is 4.28. The van der Waals surface area contributed by atoms with Crippen molar-refractivity contribution in [1.82, 2.24) is 0 Å². The van der Waals surface area contributed by atoms with E-state index < -0.39 is 11.9 Å². The predicted octanol–water partition coefficient (Wildman–Crippen LogP) is -0.203. The molecule has 1 fully saturated rings. The van der Waals surface area contributed by atoms with Crippen molar-refractivity contribution < 1.29 is 52.4 Å². The molecule has 0 aromatic heterocycles. The predicted molar refractivity (Wildman–Crippen MR) is 45.0 cm³/mol. The third kappa shape index (κ3) is 2.10. The molecule has 2 aliphatic rings. The molecule has 2 N–H and O–H groups in total. The molecule has 0 bridgehead atoms. The van der Waals surface area contributed by atoms with Crippen molar-refractivity contribution in [2.45, 2.75) is 37.9 Å². The number of rotatable bonds is 1. The van der Waals surface area contributed by atoms with E-state index in [1.54, 1.807) is 19.9 Å². The van der Waals surface area contributed by atoms with Crippen LogP contribution in [0.2, 0.25) is 0 Å². The monoisotopic (exact) mass is 275 g/mol. The van der Waals surface area contributed by atoms with E-state index in [1.807, 2.05) is 0 Å². The normalized spacial score (nSPS) is 38.9. The van der Waals surface area contributed by atoms with Crippen LogP contribution in [0.1, 0.15) is 13.8 Å². The standard InChI is InChI=1S/C9H14O4.Y/c1-9(2)12-7-5(4-10)3-6(11)8(7)13-9;/h3,6-8,10-11H,4H2,1-2H3;. The molecule has 1 aliphatic heterocycles. The van der Waals surface area contributed by atoms with Gasteiger partial charge in [0.05, 0.1) is 6.61 Å². The topological polar surface area (TPSA) is 58.9 Å². The molecule has 1 radical (unpaired) electrons. The average Bonchev–Trinajstić information content (AvgIpc) is 2.47. The molecular formula is C9H14O4Y. The van der Waals surface area contributed by atoms with Crippen molar-refractivity contribution >= 4 is 0 Å². The molecule has 3 atom stereocenters. The fourth-order valence-electron chi connectivity index (χ4n) is 1.88. The van der Waals surface area contributed by atoms with Crippen LogP contribution < -0.4 is 0 Å². The van der Waals surface area contributed by atoms with Crippen LogP contribution in [0, 0.1) is 0 Å². The van der Waals surface area contributed by atoms with Crippen LogP contribution in [0.15, 0.2) is 11.6 Å². The second-order valence-corrected chi connectivity index (χ2v) is 3.91. The van der Waals surface area contributed by atoms with Crippen LogP contribution >= 0.6 is 0 Å². The summed E-state index contributed by atoms with van der Waals surface area (Å²) >= 11 is 0. The minimum absolute atomic E-state index is 0. The molecule has 5 heteroatoms. The molecule has 0 aromatic carbocycles. The summed E-state index contributed by atoms with van der Waals surface area (Å²) in [5.74, 6) is -0.662. The van der Waals surface area contributed by atoms with Crippen molar-refractivity contribution in [3.8, 4) is 0 Å². The maximum absolute atomic E-state index is 9.54. The molecule has 0 saturated carbocycles. The van der Waals surface area contributed by atoms with Crippen LogP contribution in [0.25, 0.3) is 0 Å². The van der Waals surface area contributed by atoms with Gasteiger partial charge in [-0.3, -0.25) is 0 Å². The van der Waals surface area contributed by atoms with Gasteiger partial charge in [-0.15, -0.1) is 0 Å². The second-order valence-electron chi connectivity index (χ2n) is 3.91. The van der Waals surface area contributed by atoms with Gasteiger partial charge in [-0.25, -0.2) is 0 Å². The van der Waals surface area contributed by atoms with Gasteiger partial charge in [0.15, 0.2) is 5.79 Å². The van der Waals surface area contributed by atoms with E-state index in [1.165, 1.54) is 0 Å². The van der Waals surface area contributed by atoms with E-state index in [2.05, 4.69) is 0 Å². The molecule has 4 nitrogen and oxygen atoms in total. The van der Waals surface area contributed by atoms with Gasteiger partial charge in [0.2, 0.25) is 0 Å². The van der Waals surface area contributed by atoms with Crippen LogP contribution in [-0.2, 0) is 42.2 Å². The summed E-state index contributed by atoms with van der Waals surface area (Å²) < 4.78 is 11.0. The van der Waals surface area contributed by atoms with Gasteiger partial charge in [-0.2, -0.15) is 0 Å². The number of hydrogen-bond acceptors (Lipinski definition) is 4. The number of fused-ring (bicyclic) bond motifs is 1. The summed E-state index contributed by atoms with van der Waals surface area (Å²) in [5, 5.41) is 18.5. The smallest absolute Gasteiger partial charge is 0.164 e. The summed E-state index contributed by atoms with van der Waals surface area (Å²) in [6.07, 6.45) is 0.311. The summed E-state index contributed by atoms with van der Waals surface area (Å²) in [5.41, 5.74) is 0.711. The largest absolute Gasteiger partial charge is 0.392 e. The Balaban J connectivity index is 0.000000980. The quantitative estimate of drug-likeness (QED) is 0.651. The van der Waals surface area contributed by atoms with Crippen molar-refractivity contribution in [3.63, 3.8) is 0 Å². The summed E-state index contributed by atoms with van der Waals surface area (Å²) in [7, 11) is 0. The number of aliphatic hydroxyl groups excluding tert-OH is 2. The Labute approximate surface area is 108 Å². The van der Waals surface area contributed by atoms with E-state index in [9.17, 15) is 5.11 Å². The average molecular weight is 275 g/mol. The first-order valence-corrected chi connectivity index (χ1v) is 4.38. The molecule has 1 aliphatic carbocycles. The Kier molecular flexibility index (Phi) is 3.90. The van der Waals surface area contributed by atoms with Crippen molar-refractivity contribution in [2.75, 3.05) is 6.61 Å². The third-order valence-electron chi connectivity index (χ3n) is 2.40. The molecule has 14 heavy (non-hydrogen) atoms.